The van der Waals surface area contributed by atoms with Crippen LogP contribution in [0.3, 0.4) is 0 Å². The lowest BCUT2D eigenvalue weighted by molar-refractivity contribution is 0.0596. The molecule has 126 valence electrons. The van der Waals surface area contributed by atoms with Crippen LogP contribution < -0.4 is 9.47 Å². The van der Waals surface area contributed by atoms with Gasteiger partial charge in [-0.15, -0.1) is 0 Å². The van der Waals surface area contributed by atoms with Crippen molar-refractivity contribution >= 4 is 5.97 Å². The molecule has 0 aliphatic carbocycles. The second-order valence-corrected chi connectivity index (χ2v) is 5.22. The summed E-state index contributed by atoms with van der Waals surface area (Å²) in [7, 11) is 4.47. The monoisotopic (exact) mass is 326 g/mol. The molecule has 4 nitrogen and oxygen atoms in total. The molecule has 0 heterocycles. The molecule has 0 N–H and O–H groups in total. The van der Waals surface area contributed by atoms with Crippen molar-refractivity contribution in [3.05, 3.63) is 71.3 Å². The second kappa shape index (κ2) is 8.77. The highest BCUT2D eigenvalue weighted by molar-refractivity contribution is 5.94. The largest absolute Gasteiger partial charge is 0.497 e. The number of carbonyl (C=O) groups excluding carboxylic acids is 1. The fourth-order valence-electron chi connectivity index (χ4n) is 2.46. The van der Waals surface area contributed by atoms with E-state index in [4.69, 9.17) is 14.2 Å². The number of methoxy groups -OCH3 is 3. The first-order valence-electron chi connectivity index (χ1n) is 7.71. The average Bonchev–Trinajstić information content (AvgIpc) is 2.64. The SMILES string of the molecule is COC(=O)c1c(C/C=C/Cc2ccccc2)cc(OC)cc1OC. The fraction of sp³-hybridized carbons (Fsp3) is 0.250. The third-order valence-electron chi connectivity index (χ3n) is 3.70. The maximum absolute atomic E-state index is 12.1. The van der Waals surface area contributed by atoms with Crippen molar-refractivity contribution in [3.63, 3.8) is 0 Å². The van der Waals surface area contributed by atoms with E-state index < -0.39 is 5.97 Å². The number of hydrogen-bond acceptors (Lipinski definition) is 4. The molecule has 0 saturated heterocycles. The summed E-state index contributed by atoms with van der Waals surface area (Å²) in [5, 5.41) is 0. The molecule has 0 atom stereocenters. The van der Waals surface area contributed by atoms with Crippen LogP contribution in [0.4, 0.5) is 0 Å². The highest BCUT2D eigenvalue weighted by atomic mass is 16.5. The molecule has 0 amide bonds. The standard InChI is InChI=1S/C20H22O4/c1-22-17-13-16(19(20(21)24-3)18(14-17)23-2)12-8-7-11-15-9-5-4-6-10-15/h4-10,13-14H,11-12H2,1-3H3/b8-7+. The molecule has 0 radical (unpaired) electrons. The molecule has 2 aromatic carbocycles. The van der Waals surface area contributed by atoms with Gasteiger partial charge in [0.25, 0.3) is 0 Å². The number of carbonyl (C=O) groups is 1. The Balaban J connectivity index is 2.22. The summed E-state index contributed by atoms with van der Waals surface area (Å²) in [4.78, 5) is 12.1. The lowest BCUT2D eigenvalue weighted by Gasteiger charge is -2.13. The number of benzene rings is 2. The summed E-state index contributed by atoms with van der Waals surface area (Å²) < 4.78 is 15.5. The van der Waals surface area contributed by atoms with Gasteiger partial charge in [-0.05, 0) is 30.0 Å². The average molecular weight is 326 g/mol. The normalized spacial score (nSPS) is 10.6. The first-order valence-corrected chi connectivity index (χ1v) is 7.71. The molecule has 0 unspecified atom stereocenters. The van der Waals surface area contributed by atoms with Crippen molar-refractivity contribution in [2.75, 3.05) is 21.3 Å². The number of ether oxygens (including phenoxy) is 3. The zero-order valence-corrected chi connectivity index (χ0v) is 14.2. The minimum atomic E-state index is -0.416. The van der Waals surface area contributed by atoms with Crippen molar-refractivity contribution in [2.24, 2.45) is 0 Å². The first-order chi connectivity index (χ1) is 11.7. The van der Waals surface area contributed by atoms with Crippen LogP contribution in [-0.4, -0.2) is 27.3 Å². The van der Waals surface area contributed by atoms with Crippen LogP contribution in [0.1, 0.15) is 21.5 Å². The van der Waals surface area contributed by atoms with E-state index in [-0.39, 0.29) is 0 Å². The van der Waals surface area contributed by atoms with Crippen molar-refractivity contribution < 1.29 is 19.0 Å². The van der Waals surface area contributed by atoms with Gasteiger partial charge >= 0.3 is 5.97 Å². The first kappa shape index (κ1) is 17.6. The number of hydrogen-bond donors (Lipinski definition) is 0. The zero-order valence-electron chi connectivity index (χ0n) is 14.2. The van der Waals surface area contributed by atoms with Gasteiger partial charge in [0.05, 0.1) is 21.3 Å². The predicted octanol–water partition coefficient (Wildman–Crippen LogP) is 3.83. The van der Waals surface area contributed by atoms with Gasteiger partial charge < -0.3 is 14.2 Å². The highest BCUT2D eigenvalue weighted by Crippen LogP contribution is 2.30. The van der Waals surface area contributed by atoms with Gasteiger partial charge in [-0.25, -0.2) is 4.79 Å². The van der Waals surface area contributed by atoms with E-state index >= 15 is 0 Å². The fourth-order valence-corrected chi connectivity index (χ4v) is 2.46. The van der Waals surface area contributed by atoms with Gasteiger partial charge in [-0.2, -0.15) is 0 Å². The van der Waals surface area contributed by atoms with E-state index in [2.05, 4.69) is 18.2 Å². The molecular formula is C20H22O4. The van der Waals surface area contributed by atoms with Crippen molar-refractivity contribution in [2.45, 2.75) is 12.8 Å². The summed E-state index contributed by atoms with van der Waals surface area (Å²) in [6.45, 7) is 0. The van der Waals surface area contributed by atoms with Crippen LogP contribution in [0, 0.1) is 0 Å². The maximum Gasteiger partial charge on any atom is 0.341 e. The highest BCUT2D eigenvalue weighted by Gasteiger charge is 2.19. The Hall–Kier alpha value is -2.75. The summed E-state index contributed by atoms with van der Waals surface area (Å²) in [6, 6.07) is 13.7. The van der Waals surface area contributed by atoms with Gasteiger partial charge in [-0.3, -0.25) is 0 Å². The number of rotatable bonds is 7. The van der Waals surface area contributed by atoms with Crippen LogP contribution in [-0.2, 0) is 17.6 Å². The Morgan fingerprint density at radius 1 is 0.958 bits per heavy atom. The summed E-state index contributed by atoms with van der Waals surface area (Å²) >= 11 is 0. The molecule has 0 aliphatic rings. The van der Waals surface area contributed by atoms with E-state index in [1.807, 2.05) is 30.3 Å². The molecule has 24 heavy (non-hydrogen) atoms. The molecule has 2 aromatic rings. The van der Waals surface area contributed by atoms with Crippen LogP contribution >= 0.6 is 0 Å². The van der Waals surface area contributed by atoms with Gasteiger partial charge in [0.1, 0.15) is 17.1 Å². The van der Waals surface area contributed by atoms with Crippen molar-refractivity contribution in [1.29, 1.82) is 0 Å². The molecule has 4 heteroatoms. The van der Waals surface area contributed by atoms with Crippen LogP contribution in [0.15, 0.2) is 54.6 Å². The molecular weight excluding hydrogens is 304 g/mol. The quantitative estimate of drug-likeness (QED) is 0.573. The van der Waals surface area contributed by atoms with E-state index in [0.717, 1.165) is 12.0 Å². The van der Waals surface area contributed by atoms with Gasteiger partial charge in [0.2, 0.25) is 0 Å². The van der Waals surface area contributed by atoms with Crippen LogP contribution in [0.25, 0.3) is 0 Å². The summed E-state index contributed by atoms with van der Waals surface area (Å²) in [6.07, 6.45) is 5.55. The van der Waals surface area contributed by atoms with Crippen molar-refractivity contribution in [1.82, 2.24) is 0 Å². The topological polar surface area (TPSA) is 44.8 Å². The molecule has 2 rings (SSSR count). The molecule has 0 bridgehead atoms. The minimum absolute atomic E-state index is 0.416. The predicted molar refractivity (Wildman–Crippen MR) is 93.9 cm³/mol. The lowest BCUT2D eigenvalue weighted by atomic mass is 10.0. The number of esters is 1. The van der Waals surface area contributed by atoms with E-state index in [1.165, 1.54) is 19.8 Å². The summed E-state index contributed by atoms with van der Waals surface area (Å²) in [5.41, 5.74) is 2.48. The minimum Gasteiger partial charge on any atom is -0.497 e. The molecule has 0 aromatic heterocycles. The smallest absolute Gasteiger partial charge is 0.341 e. The van der Waals surface area contributed by atoms with Crippen LogP contribution in [0.5, 0.6) is 11.5 Å². The Labute approximate surface area is 142 Å². The molecule has 0 fully saturated rings. The Bertz CT molecular complexity index is 705. The molecule has 0 spiro atoms. The van der Waals surface area contributed by atoms with Crippen molar-refractivity contribution in [3.8, 4) is 11.5 Å². The Kier molecular flexibility index (Phi) is 6.43. The van der Waals surface area contributed by atoms with E-state index in [9.17, 15) is 4.79 Å². The van der Waals surface area contributed by atoms with E-state index in [0.29, 0.717) is 23.5 Å². The molecule has 0 saturated carbocycles. The second-order valence-electron chi connectivity index (χ2n) is 5.22. The summed E-state index contributed by atoms with van der Waals surface area (Å²) in [5.74, 6) is 0.680. The Morgan fingerprint density at radius 2 is 1.67 bits per heavy atom. The zero-order chi connectivity index (χ0) is 17.4. The third kappa shape index (κ3) is 4.38. The Morgan fingerprint density at radius 3 is 2.29 bits per heavy atom. The third-order valence-corrected chi connectivity index (χ3v) is 3.70. The van der Waals surface area contributed by atoms with Gasteiger partial charge in [0, 0.05) is 6.07 Å². The van der Waals surface area contributed by atoms with Gasteiger partial charge in [0.15, 0.2) is 0 Å². The maximum atomic E-state index is 12.1. The molecule has 0 aliphatic heterocycles. The van der Waals surface area contributed by atoms with Gasteiger partial charge in [-0.1, -0.05) is 42.5 Å². The van der Waals surface area contributed by atoms with Crippen LogP contribution in [0.2, 0.25) is 0 Å². The van der Waals surface area contributed by atoms with E-state index in [1.54, 1.807) is 13.2 Å². The number of allylic oxidation sites excluding steroid dienone is 2. The lowest BCUT2D eigenvalue weighted by Crippen LogP contribution is -2.08.